The fraction of sp³-hybridized carbons (Fsp3) is 0.846. The third kappa shape index (κ3) is 3.09. The van der Waals surface area contributed by atoms with Gasteiger partial charge in [-0.3, -0.25) is 0 Å². The zero-order chi connectivity index (χ0) is 12.3. The minimum absolute atomic E-state index is 0.350. The van der Waals surface area contributed by atoms with E-state index in [0.29, 0.717) is 10.9 Å². The molecule has 1 fully saturated rings. The van der Waals surface area contributed by atoms with Crippen molar-refractivity contribution in [3.63, 3.8) is 0 Å². The molecule has 0 saturated heterocycles. The summed E-state index contributed by atoms with van der Waals surface area (Å²) < 4.78 is 2.09. The highest BCUT2D eigenvalue weighted by molar-refractivity contribution is 9.09. The van der Waals surface area contributed by atoms with Crippen LogP contribution in [-0.4, -0.2) is 15.0 Å². The van der Waals surface area contributed by atoms with Crippen LogP contribution in [0.4, 0.5) is 0 Å². The van der Waals surface area contributed by atoms with Crippen LogP contribution in [0.25, 0.3) is 0 Å². The lowest BCUT2D eigenvalue weighted by Crippen LogP contribution is -2.18. The predicted molar refractivity (Wildman–Crippen MR) is 73.3 cm³/mol. The number of hydrogen-bond acceptors (Lipinski definition) is 2. The smallest absolute Gasteiger partial charge is 0.0963 e. The van der Waals surface area contributed by atoms with Gasteiger partial charge in [-0.1, -0.05) is 41.4 Å². The standard InChI is InChI=1S/C13H22BrN3/c1-3-10-5-7-11(8-6-10)17-9-13(15-16-17)12(14)4-2/h9-12H,3-8H2,1-2H3. The van der Waals surface area contributed by atoms with Gasteiger partial charge in [0.05, 0.1) is 16.6 Å². The molecule has 3 nitrogen and oxygen atoms in total. The molecule has 0 aromatic carbocycles. The summed E-state index contributed by atoms with van der Waals surface area (Å²) in [5.74, 6) is 0.939. The van der Waals surface area contributed by atoms with E-state index in [9.17, 15) is 0 Å². The van der Waals surface area contributed by atoms with E-state index in [1.54, 1.807) is 0 Å². The van der Waals surface area contributed by atoms with Gasteiger partial charge in [0.15, 0.2) is 0 Å². The molecule has 1 aromatic heterocycles. The zero-order valence-corrected chi connectivity index (χ0v) is 12.4. The average Bonchev–Trinajstić information content (AvgIpc) is 2.87. The van der Waals surface area contributed by atoms with E-state index in [1.807, 2.05) is 0 Å². The molecule has 1 atom stereocenters. The van der Waals surface area contributed by atoms with Gasteiger partial charge in [-0.2, -0.15) is 0 Å². The third-order valence-electron chi connectivity index (χ3n) is 3.98. The second kappa shape index (κ2) is 5.98. The van der Waals surface area contributed by atoms with E-state index in [4.69, 9.17) is 0 Å². The summed E-state index contributed by atoms with van der Waals surface area (Å²) >= 11 is 3.63. The highest BCUT2D eigenvalue weighted by atomic mass is 79.9. The van der Waals surface area contributed by atoms with Gasteiger partial charge in [0.25, 0.3) is 0 Å². The molecule has 1 aliphatic carbocycles. The van der Waals surface area contributed by atoms with Crippen LogP contribution in [0.15, 0.2) is 6.20 Å². The quantitative estimate of drug-likeness (QED) is 0.778. The Hall–Kier alpha value is -0.380. The van der Waals surface area contributed by atoms with Crippen LogP contribution in [0.3, 0.4) is 0 Å². The molecule has 17 heavy (non-hydrogen) atoms. The minimum atomic E-state index is 0.350. The Morgan fingerprint density at radius 2 is 2.06 bits per heavy atom. The molecule has 0 spiro atoms. The summed E-state index contributed by atoms with van der Waals surface area (Å²) in [6.07, 6.45) is 9.74. The monoisotopic (exact) mass is 299 g/mol. The Balaban J connectivity index is 1.97. The number of halogens is 1. The first kappa shape index (κ1) is 13.1. The van der Waals surface area contributed by atoms with E-state index in [-0.39, 0.29) is 0 Å². The van der Waals surface area contributed by atoms with Gasteiger partial charge in [0, 0.05) is 6.20 Å². The average molecular weight is 300 g/mol. The number of hydrogen-bond donors (Lipinski definition) is 0. The first-order chi connectivity index (χ1) is 8.24. The molecule has 4 heteroatoms. The van der Waals surface area contributed by atoms with Crippen LogP contribution in [0, 0.1) is 5.92 Å². The van der Waals surface area contributed by atoms with Crippen molar-refractivity contribution in [2.75, 3.05) is 0 Å². The van der Waals surface area contributed by atoms with Crippen molar-refractivity contribution < 1.29 is 0 Å². The molecular weight excluding hydrogens is 278 g/mol. The van der Waals surface area contributed by atoms with Gasteiger partial charge >= 0.3 is 0 Å². The first-order valence-electron chi connectivity index (χ1n) is 6.80. The minimum Gasteiger partial charge on any atom is -0.249 e. The van der Waals surface area contributed by atoms with Gasteiger partial charge < -0.3 is 0 Å². The molecule has 0 radical (unpaired) electrons. The summed E-state index contributed by atoms with van der Waals surface area (Å²) in [7, 11) is 0. The maximum absolute atomic E-state index is 4.30. The Kier molecular flexibility index (Phi) is 4.60. The molecule has 2 rings (SSSR count). The molecule has 0 amide bonds. The Morgan fingerprint density at radius 3 is 2.65 bits per heavy atom. The molecular formula is C13H22BrN3. The second-order valence-electron chi connectivity index (χ2n) is 5.08. The number of alkyl halides is 1. The van der Waals surface area contributed by atoms with E-state index >= 15 is 0 Å². The lowest BCUT2D eigenvalue weighted by atomic mass is 9.85. The first-order valence-corrected chi connectivity index (χ1v) is 7.71. The molecule has 1 unspecified atom stereocenters. The summed E-state index contributed by atoms with van der Waals surface area (Å²) in [6, 6.07) is 0.579. The molecule has 1 heterocycles. The van der Waals surface area contributed by atoms with Crippen molar-refractivity contribution in [3.05, 3.63) is 11.9 Å². The summed E-state index contributed by atoms with van der Waals surface area (Å²) in [5.41, 5.74) is 1.07. The zero-order valence-electron chi connectivity index (χ0n) is 10.8. The van der Waals surface area contributed by atoms with Crippen molar-refractivity contribution in [1.29, 1.82) is 0 Å². The predicted octanol–water partition coefficient (Wildman–Crippen LogP) is 4.27. The van der Waals surface area contributed by atoms with Crippen molar-refractivity contribution >= 4 is 15.9 Å². The largest absolute Gasteiger partial charge is 0.249 e. The van der Waals surface area contributed by atoms with Crippen molar-refractivity contribution in [2.45, 2.75) is 63.2 Å². The molecule has 0 N–H and O–H groups in total. The summed E-state index contributed by atoms with van der Waals surface area (Å²) in [4.78, 5) is 0.350. The van der Waals surface area contributed by atoms with Crippen LogP contribution in [0.5, 0.6) is 0 Å². The van der Waals surface area contributed by atoms with Gasteiger partial charge in [-0.05, 0) is 38.0 Å². The van der Waals surface area contributed by atoms with Crippen molar-refractivity contribution in [1.82, 2.24) is 15.0 Å². The maximum atomic E-state index is 4.30. The number of nitrogens with zero attached hydrogens (tertiary/aromatic N) is 3. The van der Waals surface area contributed by atoms with Crippen LogP contribution in [0.2, 0.25) is 0 Å². The van der Waals surface area contributed by atoms with Crippen LogP contribution < -0.4 is 0 Å². The van der Waals surface area contributed by atoms with Gasteiger partial charge in [0.1, 0.15) is 0 Å². The van der Waals surface area contributed by atoms with Gasteiger partial charge in [0.2, 0.25) is 0 Å². The molecule has 96 valence electrons. The second-order valence-corrected chi connectivity index (χ2v) is 6.19. The fourth-order valence-electron chi connectivity index (χ4n) is 2.64. The highest BCUT2D eigenvalue weighted by Gasteiger charge is 2.22. The van der Waals surface area contributed by atoms with E-state index in [1.165, 1.54) is 32.1 Å². The van der Waals surface area contributed by atoms with Gasteiger partial charge in [-0.25, -0.2) is 4.68 Å². The summed E-state index contributed by atoms with van der Waals surface area (Å²) in [6.45, 7) is 4.46. The molecule has 1 saturated carbocycles. The third-order valence-corrected chi connectivity index (χ3v) is 5.09. The number of aromatic nitrogens is 3. The Labute approximate surface area is 112 Å². The molecule has 1 aliphatic rings. The van der Waals surface area contributed by atoms with Crippen LogP contribution in [0.1, 0.15) is 68.9 Å². The lowest BCUT2D eigenvalue weighted by molar-refractivity contribution is 0.253. The van der Waals surface area contributed by atoms with Crippen molar-refractivity contribution in [2.24, 2.45) is 5.92 Å². The van der Waals surface area contributed by atoms with Crippen LogP contribution in [-0.2, 0) is 0 Å². The molecule has 0 bridgehead atoms. The van der Waals surface area contributed by atoms with E-state index in [0.717, 1.165) is 18.0 Å². The van der Waals surface area contributed by atoms with Crippen molar-refractivity contribution in [3.8, 4) is 0 Å². The van der Waals surface area contributed by atoms with Gasteiger partial charge in [-0.15, -0.1) is 5.10 Å². The van der Waals surface area contributed by atoms with E-state index in [2.05, 4.69) is 51.0 Å². The topological polar surface area (TPSA) is 30.7 Å². The number of rotatable bonds is 4. The molecule has 1 aromatic rings. The molecule has 0 aliphatic heterocycles. The summed E-state index contributed by atoms with van der Waals surface area (Å²) in [5, 5.41) is 8.56. The SMILES string of the molecule is CCC1CCC(n2cc(C(Br)CC)nn2)CC1. The maximum Gasteiger partial charge on any atom is 0.0963 e. The Bertz CT molecular complexity index is 342. The normalized spacial score (nSPS) is 27.0. The Morgan fingerprint density at radius 1 is 1.35 bits per heavy atom. The fourth-order valence-corrected chi connectivity index (χ4v) is 2.85. The highest BCUT2D eigenvalue weighted by Crippen LogP contribution is 2.34. The van der Waals surface area contributed by atoms with Crippen LogP contribution >= 0.6 is 15.9 Å². The lowest BCUT2D eigenvalue weighted by Gasteiger charge is -2.27. The van der Waals surface area contributed by atoms with E-state index < -0.39 is 0 Å².